The van der Waals surface area contributed by atoms with Crippen LogP contribution in [0.4, 0.5) is 0 Å². The van der Waals surface area contributed by atoms with Gasteiger partial charge in [-0.15, -0.1) is 12.3 Å². The molecule has 46 valence electrons. The normalized spacial score (nSPS) is 12.6. The van der Waals surface area contributed by atoms with E-state index in [2.05, 4.69) is 11.2 Å². The summed E-state index contributed by atoms with van der Waals surface area (Å²) in [6.45, 7) is 2.51. The van der Waals surface area contributed by atoms with Gasteiger partial charge in [-0.05, 0) is 6.92 Å². The topological polar surface area (TPSA) is 38.0 Å². The lowest BCUT2D eigenvalue weighted by atomic mass is 10.2. The van der Waals surface area contributed by atoms with Gasteiger partial charge in [-0.2, -0.15) is 0 Å². The Labute approximate surface area is 50.5 Å². The van der Waals surface area contributed by atoms with Crippen molar-refractivity contribution in [3.63, 3.8) is 0 Å². The lowest BCUT2D eigenvalue weighted by Gasteiger charge is -2.05. The zero-order valence-corrected chi connectivity index (χ0v) is 5.15. The van der Waals surface area contributed by atoms with Gasteiger partial charge in [0.1, 0.15) is 0 Å². The van der Waals surface area contributed by atoms with Gasteiger partial charge in [-0.25, -0.2) is 0 Å². The van der Waals surface area contributed by atoms with E-state index < -0.39 is 0 Å². The fourth-order valence-electron chi connectivity index (χ4n) is 0.450. The monoisotopic (exact) mass is 112 g/mol. The van der Waals surface area contributed by atoms with Crippen molar-refractivity contribution >= 4 is 0 Å². The zero-order chi connectivity index (χ0) is 6.41. The SMILES string of the molecule is C#CCC(C)NCN. The molecule has 0 spiro atoms. The summed E-state index contributed by atoms with van der Waals surface area (Å²) >= 11 is 0. The van der Waals surface area contributed by atoms with Gasteiger partial charge < -0.3 is 11.1 Å². The van der Waals surface area contributed by atoms with E-state index in [9.17, 15) is 0 Å². The summed E-state index contributed by atoms with van der Waals surface area (Å²) in [5, 5.41) is 2.98. The Morgan fingerprint density at radius 2 is 2.50 bits per heavy atom. The molecular weight excluding hydrogens is 100 g/mol. The standard InChI is InChI=1S/C6H12N2/c1-3-4-6(2)8-5-7/h1,6,8H,4-5,7H2,2H3. The minimum absolute atomic E-state index is 0.352. The van der Waals surface area contributed by atoms with Crippen LogP contribution in [0, 0.1) is 12.3 Å². The van der Waals surface area contributed by atoms with Crippen molar-refractivity contribution in [2.45, 2.75) is 19.4 Å². The fourth-order valence-corrected chi connectivity index (χ4v) is 0.450. The summed E-state index contributed by atoms with van der Waals surface area (Å²) in [5.74, 6) is 2.53. The largest absolute Gasteiger partial charge is 0.318 e. The average Bonchev–Trinajstić information content (AvgIpc) is 1.68. The van der Waals surface area contributed by atoms with E-state index in [0.717, 1.165) is 6.42 Å². The molecule has 0 heterocycles. The van der Waals surface area contributed by atoms with Crippen LogP contribution >= 0.6 is 0 Å². The number of nitrogens with two attached hydrogens (primary N) is 1. The van der Waals surface area contributed by atoms with E-state index in [4.69, 9.17) is 12.2 Å². The second-order valence-electron chi connectivity index (χ2n) is 1.72. The van der Waals surface area contributed by atoms with Crippen molar-refractivity contribution in [1.29, 1.82) is 0 Å². The number of hydrogen-bond donors (Lipinski definition) is 2. The van der Waals surface area contributed by atoms with Crippen molar-refractivity contribution in [1.82, 2.24) is 5.32 Å². The Bertz CT molecular complexity index is 83.0. The third-order valence-electron chi connectivity index (χ3n) is 0.890. The van der Waals surface area contributed by atoms with E-state index in [1.165, 1.54) is 0 Å². The van der Waals surface area contributed by atoms with Gasteiger partial charge >= 0.3 is 0 Å². The van der Waals surface area contributed by atoms with Crippen molar-refractivity contribution in [2.75, 3.05) is 6.67 Å². The first-order valence-electron chi connectivity index (χ1n) is 2.68. The van der Waals surface area contributed by atoms with Crippen LogP contribution in [-0.2, 0) is 0 Å². The quantitative estimate of drug-likeness (QED) is 0.395. The Morgan fingerprint density at radius 1 is 1.88 bits per heavy atom. The van der Waals surface area contributed by atoms with Gasteiger partial charge in [-0.3, -0.25) is 0 Å². The highest BCUT2D eigenvalue weighted by Crippen LogP contribution is 1.83. The minimum atomic E-state index is 0.352. The summed E-state index contributed by atoms with van der Waals surface area (Å²) in [6.07, 6.45) is 5.78. The van der Waals surface area contributed by atoms with E-state index >= 15 is 0 Å². The maximum absolute atomic E-state index is 5.18. The minimum Gasteiger partial charge on any atom is -0.318 e. The highest BCUT2D eigenvalue weighted by Gasteiger charge is 1.92. The smallest absolute Gasteiger partial charge is 0.0431 e. The molecule has 2 heteroatoms. The molecule has 1 unspecified atom stereocenters. The first-order chi connectivity index (χ1) is 3.81. The van der Waals surface area contributed by atoms with Crippen LogP contribution in [0.2, 0.25) is 0 Å². The van der Waals surface area contributed by atoms with Crippen LogP contribution < -0.4 is 11.1 Å². The predicted molar refractivity (Wildman–Crippen MR) is 35.1 cm³/mol. The van der Waals surface area contributed by atoms with E-state index in [1.807, 2.05) is 6.92 Å². The van der Waals surface area contributed by atoms with Crippen LogP contribution in [0.1, 0.15) is 13.3 Å². The lowest BCUT2D eigenvalue weighted by molar-refractivity contribution is 0.572. The molecule has 0 aliphatic heterocycles. The maximum Gasteiger partial charge on any atom is 0.0431 e. The molecule has 3 N–H and O–H groups in total. The highest BCUT2D eigenvalue weighted by atomic mass is 15.0. The molecule has 0 saturated heterocycles. The van der Waals surface area contributed by atoms with Crippen molar-refractivity contribution in [2.24, 2.45) is 5.73 Å². The Balaban J connectivity index is 3.08. The second-order valence-corrected chi connectivity index (χ2v) is 1.72. The molecule has 0 aromatic carbocycles. The lowest BCUT2D eigenvalue weighted by Crippen LogP contribution is -2.30. The molecule has 0 aromatic rings. The van der Waals surface area contributed by atoms with Crippen molar-refractivity contribution in [3.05, 3.63) is 0 Å². The summed E-state index contributed by atoms with van der Waals surface area (Å²) < 4.78 is 0. The molecule has 2 nitrogen and oxygen atoms in total. The maximum atomic E-state index is 5.18. The van der Waals surface area contributed by atoms with Crippen molar-refractivity contribution in [3.8, 4) is 12.3 Å². The predicted octanol–water partition coefficient (Wildman–Crippen LogP) is -0.0960. The molecule has 0 rings (SSSR count). The summed E-state index contributed by atoms with van der Waals surface area (Å²) in [7, 11) is 0. The van der Waals surface area contributed by atoms with Crippen LogP contribution in [0.5, 0.6) is 0 Å². The average molecular weight is 112 g/mol. The molecule has 0 saturated carbocycles. The molecule has 0 aliphatic carbocycles. The molecule has 1 atom stereocenters. The molecule has 0 fully saturated rings. The van der Waals surface area contributed by atoms with Gasteiger partial charge in [0.05, 0.1) is 0 Å². The van der Waals surface area contributed by atoms with E-state index in [1.54, 1.807) is 0 Å². The summed E-state index contributed by atoms with van der Waals surface area (Å²) in [5.41, 5.74) is 5.18. The van der Waals surface area contributed by atoms with Crippen LogP contribution in [-0.4, -0.2) is 12.7 Å². The van der Waals surface area contributed by atoms with Gasteiger partial charge in [0.25, 0.3) is 0 Å². The number of nitrogens with one attached hydrogen (secondary N) is 1. The van der Waals surface area contributed by atoms with Crippen molar-refractivity contribution < 1.29 is 0 Å². The molecule has 0 aliphatic rings. The Kier molecular flexibility index (Phi) is 4.33. The van der Waals surface area contributed by atoms with E-state index in [-0.39, 0.29) is 0 Å². The summed E-state index contributed by atoms with van der Waals surface area (Å²) in [6, 6.07) is 0.352. The molecule has 0 aromatic heterocycles. The highest BCUT2D eigenvalue weighted by molar-refractivity contribution is 4.87. The Morgan fingerprint density at radius 3 is 2.88 bits per heavy atom. The first kappa shape index (κ1) is 7.48. The molecule has 0 amide bonds. The third-order valence-corrected chi connectivity index (χ3v) is 0.890. The first-order valence-corrected chi connectivity index (χ1v) is 2.68. The number of rotatable bonds is 3. The van der Waals surface area contributed by atoms with Gasteiger partial charge in [0.15, 0.2) is 0 Å². The third kappa shape index (κ3) is 3.66. The van der Waals surface area contributed by atoms with Gasteiger partial charge in [-0.1, -0.05) is 0 Å². The number of hydrogen-bond acceptors (Lipinski definition) is 2. The molecule has 8 heavy (non-hydrogen) atoms. The van der Waals surface area contributed by atoms with Crippen LogP contribution in [0.3, 0.4) is 0 Å². The summed E-state index contributed by atoms with van der Waals surface area (Å²) in [4.78, 5) is 0. The molecule has 0 bridgehead atoms. The number of terminal acetylenes is 1. The van der Waals surface area contributed by atoms with Gasteiger partial charge in [0, 0.05) is 19.1 Å². The van der Waals surface area contributed by atoms with Gasteiger partial charge in [0.2, 0.25) is 0 Å². The molecule has 0 radical (unpaired) electrons. The van der Waals surface area contributed by atoms with Crippen LogP contribution in [0.15, 0.2) is 0 Å². The van der Waals surface area contributed by atoms with Crippen LogP contribution in [0.25, 0.3) is 0 Å². The second kappa shape index (κ2) is 4.63. The van der Waals surface area contributed by atoms with E-state index in [0.29, 0.717) is 12.7 Å². The molecular formula is C6H12N2. The Hall–Kier alpha value is -0.520. The zero-order valence-electron chi connectivity index (χ0n) is 5.15. The fraction of sp³-hybridized carbons (Fsp3) is 0.667.